The second-order valence-electron chi connectivity index (χ2n) is 4.50. The Kier molecular flexibility index (Phi) is 3.14. The molecule has 4 heteroatoms. The van der Waals surface area contributed by atoms with E-state index in [0.29, 0.717) is 0 Å². The molecule has 0 unspecified atom stereocenters. The number of nitrogens with zero attached hydrogens (tertiary/aromatic N) is 3. The number of hydrogen-bond donors (Lipinski definition) is 1. The van der Waals surface area contributed by atoms with Crippen molar-refractivity contribution >= 4 is 22.3 Å². The number of nitrogens with one attached hydrogen (secondary N) is 1. The summed E-state index contributed by atoms with van der Waals surface area (Å²) in [5.74, 6) is 0. The maximum atomic E-state index is 4.08. The van der Waals surface area contributed by atoms with Gasteiger partial charge in [-0.15, -0.1) is 0 Å². The zero-order valence-corrected chi connectivity index (χ0v) is 10.9. The molecule has 3 rings (SSSR count). The Balaban J connectivity index is 2.03. The largest absolute Gasteiger partial charge is 0.341 e. The molecule has 1 aromatic carbocycles. The maximum absolute atomic E-state index is 4.08. The van der Waals surface area contributed by atoms with Crippen LogP contribution < -0.4 is 4.90 Å². The Labute approximate surface area is 112 Å². The van der Waals surface area contributed by atoms with Crippen molar-refractivity contribution in [2.45, 2.75) is 13.3 Å². The predicted octanol–water partition coefficient (Wildman–Crippen LogP) is 3.51. The van der Waals surface area contributed by atoms with Gasteiger partial charge in [0, 0.05) is 35.7 Å². The second kappa shape index (κ2) is 5.10. The molecule has 0 aliphatic carbocycles. The number of aromatic amines is 1. The lowest BCUT2D eigenvalue weighted by Gasteiger charge is -2.24. The molecule has 2 aromatic heterocycles. The average Bonchev–Trinajstić information content (AvgIpc) is 2.93. The Morgan fingerprint density at radius 3 is 2.74 bits per heavy atom. The van der Waals surface area contributed by atoms with Crippen molar-refractivity contribution in [3.05, 3.63) is 48.9 Å². The van der Waals surface area contributed by atoms with Gasteiger partial charge in [-0.05, 0) is 36.8 Å². The minimum Gasteiger partial charge on any atom is -0.341 e. The van der Waals surface area contributed by atoms with Crippen LogP contribution in [0.15, 0.2) is 48.9 Å². The van der Waals surface area contributed by atoms with Gasteiger partial charge in [-0.3, -0.25) is 10.1 Å². The highest BCUT2D eigenvalue weighted by molar-refractivity contribution is 5.83. The van der Waals surface area contributed by atoms with E-state index in [0.717, 1.165) is 23.9 Å². The fourth-order valence-electron chi connectivity index (χ4n) is 2.25. The van der Waals surface area contributed by atoms with Crippen LogP contribution in [0.2, 0.25) is 0 Å². The summed E-state index contributed by atoms with van der Waals surface area (Å²) in [6.07, 6.45) is 6.60. The zero-order valence-electron chi connectivity index (χ0n) is 10.9. The normalized spacial score (nSPS) is 10.8. The highest BCUT2D eigenvalue weighted by atomic mass is 15.1. The van der Waals surface area contributed by atoms with Crippen molar-refractivity contribution in [3.8, 4) is 0 Å². The molecule has 0 aliphatic rings. The number of benzene rings is 1. The first-order valence-electron chi connectivity index (χ1n) is 6.49. The molecule has 0 atom stereocenters. The first-order valence-corrected chi connectivity index (χ1v) is 6.49. The van der Waals surface area contributed by atoms with Crippen molar-refractivity contribution < 1.29 is 0 Å². The molecule has 4 nitrogen and oxygen atoms in total. The van der Waals surface area contributed by atoms with Crippen LogP contribution in [0.5, 0.6) is 0 Å². The number of rotatable bonds is 4. The van der Waals surface area contributed by atoms with E-state index >= 15 is 0 Å². The quantitative estimate of drug-likeness (QED) is 0.772. The zero-order chi connectivity index (χ0) is 13.1. The molecule has 96 valence electrons. The number of aromatic nitrogens is 3. The molecular weight excluding hydrogens is 236 g/mol. The van der Waals surface area contributed by atoms with Gasteiger partial charge in [-0.1, -0.05) is 6.92 Å². The summed E-state index contributed by atoms with van der Waals surface area (Å²) in [5, 5.41) is 8.18. The monoisotopic (exact) mass is 252 g/mol. The van der Waals surface area contributed by atoms with E-state index in [4.69, 9.17) is 0 Å². The molecule has 0 radical (unpaired) electrons. The lowest BCUT2D eigenvalue weighted by atomic mass is 10.2. The van der Waals surface area contributed by atoms with Gasteiger partial charge in [0.2, 0.25) is 0 Å². The number of hydrogen-bond acceptors (Lipinski definition) is 3. The van der Waals surface area contributed by atoms with Gasteiger partial charge in [0.05, 0.1) is 11.7 Å². The molecule has 3 aromatic rings. The summed E-state index contributed by atoms with van der Waals surface area (Å²) in [7, 11) is 0. The van der Waals surface area contributed by atoms with Gasteiger partial charge in [0.15, 0.2) is 0 Å². The number of pyridine rings is 1. The van der Waals surface area contributed by atoms with Crippen molar-refractivity contribution in [1.29, 1.82) is 0 Å². The van der Waals surface area contributed by atoms with Gasteiger partial charge in [-0.2, -0.15) is 5.10 Å². The van der Waals surface area contributed by atoms with Crippen LogP contribution >= 0.6 is 0 Å². The van der Waals surface area contributed by atoms with E-state index in [2.05, 4.69) is 45.2 Å². The molecule has 0 bridgehead atoms. The minimum absolute atomic E-state index is 0.980. The van der Waals surface area contributed by atoms with Gasteiger partial charge < -0.3 is 4.90 Å². The number of fused-ring (bicyclic) bond motifs is 1. The Bertz CT molecular complexity index is 660. The van der Waals surface area contributed by atoms with Crippen LogP contribution in [0.3, 0.4) is 0 Å². The summed E-state index contributed by atoms with van der Waals surface area (Å²) in [5.41, 5.74) is 3.41. The van der Waals surface area contributed by atoms with E-state index in [1.807, 2.05) is 30.7 Å². The Hall–Kier alpha value is -2.36. The average molecular weight is 252 g/mol. The van der Waals surface area contributed by atoms with Crippen LogP contribution in [0, 0.1) is 0 Å². The summed E-state index contributed by atoms with van der Waals surface area (Å²) >= 11 is 0. The Morgan fingerprint density at radius 1 is 1.11 bits per heavy atom. The van der Waals surface area contributed by atoms with Crippen molar-refractivity contribution in [3.63, 3.8) is 0 Å². The molecule has 19 heavy (non-hydrogen) atoms. The van der Waals surface area contributed by atoms with E-state index in [-0.39, 0.29) is 0 Å². The SMILES string of the molecule is CCCN(c1ccncc1)c1ccc2[nH]ncc2c1. The molecule has 0 fully saturated rings. The van der Waals surface area contributed by atoms with Crippen LogP contribution in [0.25, 0.3) is 10.9 Å². The number of anilines is 2. The number of H-pyrrole nitrogens is 1. The summed E-state index contributed by atoms with van der Waals surface area (Å²) in [6, 6.07) is 10.4. The highest BCUT2D eigenvalue weighted by Crippen LogP contribution is 2.27. The molecular formula is C15H16N4. The predicted molar refractivity (Wildman–Crippen MR) is 77.6 cm³/mol. The van der Waals surface area contributed by atoms with E-state index in [1.54, 1.807) is 0 Å². The standard InChI is InChI=1S/C15H16N4/c1-2-9-19(13-5-7-16-8-6-13)14-3-4-15-12(10-14)11-17-18-15/h3-8,10-11H,2,9H2,1H3,(H,17,18). The third-order valence-corrected chi connectivity index (χ3v) is 3.16. The lowest BCUT2D eigenvalue weighted by Crippen LogP contribution is -2.17. The molecule has 0 aliphatic heterocycles. The van der Waals surface area contributed by atoms with E-state index < -0.39 is 0 Å². The topological polar surface area (TPSA) is 44.8 Å². The van der Waals surface area contributed by atoms with Crippen LogP contribution in [0.4, 0.5) is 11.4 Å². The van der Waals surface area contributed by atoms with Gasteiger partial charge in [0.25, 0.3) is 0 Å². The van der Waals surface area contributed by atoms with Crippen LogP contribution in [0.1, 0.15) is 13.3 Å². The molecule has 0 spiro atoms. The summed E-state index contributed by atoms with van der Waals surface area (Å²) < 4.78 is 0. The van der Waals surface area contributed by atoms with E-state index in [9.17, 15) is 0 Å². The van der Waals surface area contributed by atoms with Gasteiger partial charge in [-0.25, -0.2) is 0 Å². The first-order chi connectivity index (χ1) is 9.38. The van der Waals surface area contributed by atoms with Gasteiger partial charge >= 0.3 is 0 Å². The minimum atomic E-state index is 0.980. The fraction of sp³-hybridized carbons (Fsp3) is 0.200. The second-order valence-corrected chi connectivity index (χ2v) is 4.50. The first kappa shape index (κ1) is 11.7. The van der Waals surface area contributed by atoms with E-state index in [1.165, 1.54) is 11.4 Å². The maximum Gasteiger partial charge on any atom is 0.0651 e. The van der Waals surface area contributed by atoms with Crippen LogP contribution in [-0.2, 0) is 0 Å². The molecule has 0 saturated heterocycles. The fourth-order valence-corrected chi connectivity index (χ4v) is 2.25. The third kappa shape index (κ3) is 2.29. The molecule has 1 N–H and O–H groups in total. The van der Waals surface area contributed by atoms with Crippen molar-refractivity contribution in [2.24, 2.45) is 0 Å². The smallest absolute Gasteiger partial charge is 0.0651 e. The lowest BCUT2D eigenvalue weighted by molar-refractivity contribution is 0.885. The highest BCUT2D eigenvalue weighted by Gasteiger charge is 2.09. The molecule has 2 heterocycles. The summed E-state index contributed by atoms with van der Waals surface area (Å²) in [6.45, 7) is 3.16. The van der Waals surface area contributed by atoms with Crippen LogP contribution in [-0.4, -0.2) is 21.7 Å². The molecule has 0 amide bonds. The third-order valence-electron chi connectivity index (χ3n) is 3.16. The van der Waals surface area contributed by atoms with Gasteiger partial charge in [0.1, 0.15) is 0 Å². The van der Waals surface area contributed by atoms with Crippen molar-refractivity contribution in [2.75, 3.05) is 11.4 Å². The molecule has 0 saturated carbocycles. The van der Waals surface area contributed by atoms with Crippen molar-refractivity contribution in [1.82, 2.24) is 15.2 Å². The summed E-state index contributed by atoms with van der Waals surface area (Å²) in [4.78, 5) is 6.38. The Morgan fingerprint density at radius 2 is 1.95 bits per heavy atom.